The van der Waals surface area contributed by atoms with E-state index in [1.807, 2.05) is 38.4 Å². The third-order valence-electron chi connectivity index (χ3n) is 5.31. The van der Waals surface area contributed by atoms with E-state index < -0.39 is 18.0 Å². The fraction of sp³-hybridized carbons (Fsp3) is 0.360. The van der Waals surface area contributed by atoms with Gasteiger partial charge < -0.3 is 14.7 Å². The number of carboxylic acids is 1. The zero-order valence-corrected chi connectivity index (χ0v) is 21.4. The van der Waals surface area contributed by atoms with Crippen LogP contribution in [-0.4, -0.2) is 41.0 Å². The van der Waals surface area contributed by atoms with Gasteiger partial charge >= 0.3 is 5.97 Å². The maximum absolute atomic E-state index is 12.8. The molecule has 1 heterocycles. The summed E-state index contributed by atoms with van der Waals surface area (Å²) in [4.78, 5) is 19.2. The van der Waals surface area contributed by atoms with Crippen molar-refractivity contribution in [1.82, 2.24) is 4.98 Å². The molecule has 1 aromatic heterocycles. The van der Waals surface area contributed by atoms with Gasteiger partial charge in [-0.2, -0.15) is 0 Å². The number of hydrogen-bond donors (Lipinski definition) is 1. The molecule has 182 valence electrons. The number of ether oxygens (including phenoxy) is 1. The summed E-state index contributed by atoms with van der Waals surface area (Å²) < 4.78 is 31.3. The Morgan fingerprint density at radius 1 is 1.21 bits per heavy atom. The van der Waals surface area contributed by atoms with Crippen LogP contribution < -0.4 is 9.64 Å². The Morgan fingerprint density at radius 2 is 1.88 bits per heavy atom. The van der Waals surface area contributed by atoms with Crippen LogP contribution in [0.25, 0.3) is 11.3 Å². The first kappa shape index (κ1) is 26.0. The first-order chi connectivity index (χ1) is 16.0. The number of rotatable bonds is 10. The van der Waals surface area contributed by atoms with E-state index in [4.69, 9.17) is 4.74 Å². The highest BCUT2D eigenvalue weighted by molar-refractivity contribution is 7.99. The van der Waals surface area contributed by atoms with Gasteiger partial charge in [0.2, 0.25) is 0 Å². The van der Waals surface area contributed by atoms with Crippen molar-refractivity contribution in [3.8, 4) is 17.0 Å². The van der Waals surface area contributed by atoms with Crippen molar-refractivity contribution in [2.24, 2.45) is 0 Å². The summed E-state index contributed by atoms with van der Waals surface area (Å²) in [5.74, 6) is 0.389. The minimum Gasteiger partial charge on any atom is -0.478 e. The maximum atomic E-state index is 12.8. The summed E-state index contributed by atoms with van der Waals surface area (Å²) in [5.41, 5.74) is 2.20. The second-order valence-electron chi connectivity index (χ2n) is 8.51. The minimum atomic E-state index is -2.48. The highest BCUT2D eigenvalue weighted by Gasteiger charge is 2.30. The van der Waals surface area contributed by atoms with E-state index in [1.54, 1.807) is 23.9 Å². The third kappa shape index (κ3) is 6.27. The number of aliphatic carboxylic acids is 1. The van der Waals surface area contributed by atoms with Crippen molar-refractivity contribution >= 4 is 34.2 Å². The van der Waals surface area contributed by atoms with E-state index in [1.165, 1.54) is 37.3 Å². The number of alkyl halides is 2. The molecule has 1 N–H and O–H groups in total. The Hall–Kier alpha value is -2.65. The number of carbonyl (C=O) groups is 1. The van der Waals surface area contributed by atoms with Crippen LogP contribution in [0.4, 0.5) is 13.9 Å². The predicted molar refractivity (Wildman–Crippen MR) is 135 cm³/mol. The van der Waals surface area contributed by atoms with Crippen LogP contribution in [0.15, 0.2) is 46.7 Å². The van der Waals surface area contributed by atoms with Crippen molar-refractivity contribution in [3.63, 3.8) is 0 Å². The summed E-state index contributed by atoms with van der Waals surface area (Å²) in [6.45, 7) is 7.73. The number of halogens is 2. The van der Waals surface area contributed by atoms with Gasteiger partial charge in [-0.15, -0.1) is 23.1 Å². The number of carboxylic acid groups (broad SMARTS) is 1. The van der Waals surface area contributed by atoms with Gasteiger partial charge in [-0.05, 0) is 51.0 Å². The molecule has 3 aromatic rings. The molecule has 2 aromatic carbocycles. The molecule has 0 aliphatic carbocycles. The Kier molecular flexibility index (Phi) is 8.20. The first-order valence-electron chi connectivity index (χ1n) is 10.7. The van der Waals surface area contributed by atoms with Gasteiger partial charge in [-0.1, -0.05) is 24.3 Å². The van der Waals surface area contributed by atoms with Crippen LogP contribution in [-0.2, 0) is 4.79 Å². The van der Waals surface area contributed by atoms with Crippen LogP contribution in [0, 0.1) is 13.8 Å². The first-order valence-corrected chi connectivity index (χ1v) is 12.6. The van der Waals surface area contributed by atoms with E-state index in [2.05, 4.69) is 9.88 Å². The van der Waals surface area contributed by atoms with Crippen LogP contribution in [0.5, 0.6) is 5.75 Å². The van der Waals surface area contributed by atoms with E-state index in [-0.39, 0.29) is 5.56 Å². The number of anilines is 1. The number of benzene rings is 2. The largest absolute Gasteiger partial charge is 0.478 e. The van der Waals surface area contributed by atoms with Gasteiger partial charge in [0.25, 0.3) is 6.43 Å². The number of aryl methyl sites for hydroxylation is 2. The number of nitrogens with zero attached hydrogens (tertiary/aromatic N) is 2. The molecule has 0 spiro atoms. The molecule has 3 rings (SSSR count). The molecule has 5 nitrogen and oxygen atoms in total. The van der Waals surface area contributed by atoms with Crippen molar-refractivity contribution in [2.75, 3.05) is 24.2 Å². The second-order valence-corrected chi connectivity index (χ2v) is 10.5. The van der Waals surface area contributed by atoms with Crippen molar-refractivity contribution < 1.29 is 23.4 Å². The highest BCUT2D eigenvalue weighted by Crippen LogP contribution is 2.33. The highest BCUT2D eigenvalue weighted by atomic mass is 32.2. The van der Waals surface area contributed by atoms with Gasteiger partial charge in [0.05, 0.1) is 5.69 Å². The van der Waals surface area contributed by atoms with E-state index in [0.29, 0.717) is 5.75 Å². The summed E-state index contributed by atoms with van der Waals surface area (Å²) in [5, 5.41) is 12.1. The number of thioether (sulfide) groups is 1. The lowest BCUT2D eigenvalue weighted by atomic mass is 10.1. The Morgan fingerprint density at radius 3 is 2.50 bits per heavy atom. The molecule has 0 aliphatic rings. The van der Waals surface area contributed by atoms with E-state index >= 15 is 0 Å². The maximum Gasteiger partial charge on any atom is 0.347 e. The molecule has 0 amide bonds. The van der Waals surface area contributed by atoms with E-state index in [9.17, 15) is 18.7 Å². The number of hydrogen-bond acceptors (Lipinski definition) is 6. The average Bonchev–Trinajstić information content (AvgIpc) is 3.27. The average molecular weight is 507 g/mol. The van der Waals surface area contributed by atoms with Gasteiger partial charge in [-0.3, -0.25) is 0 Å². The van der Waals surface area contributed by atoms with Gasteiger partial charge in [0.15, 0.2) is 10.7 Å². The van der Waals surface area contributed by atoms with Crippen molar-refractivity contribution in [1.29, 1.82) is 0 Å². The molecule has 0 fully saturated rings. The number of aromatic nitrogens is 1. The lowest BCUT2D eigenvalue weighted by molar-refractivity contribution is -0.152. The SMILES string of the molecule is Cc1cc(SCCN(C)c2nc(-c3ccc(C(F)F)cc3)cs2)c(C)cc1OC(C)(C)C(=O)O. The Balaban J connectivity index is 1.59. The fourth-order valence-corrected chi connectivity index (χ4v) is 5.07. The molecular weight excluding hydrogens is 478 g/mol. The number of thiazole rings is 1. The standard InChI is InChI=1S/C25H28F2N2O3S2/c1-15-13-21(16(2)12-20(15)32-25(3,4)23(30)31)33-11-10-29(5)24-28-19(14-34-24)17-6-8-18(9-7-17)22(26)27/h6-9,12-14,22H,10-11H2,1-5H3,(H,30,31). The quantitative estimate of drug-likeness (QED) is 0.304. The Bertz CT molecular complexity index is 1150. The molecule has 0 bridgehead atoms. The fourth-order valence-electron chi connectivity index (χ4n) is 3.11. The zero-order chi connectivity index (χ0) is 25.0. The summed E-state index contributed by atoms with van der Waals surface area (Å²) >= 11 is 3.23. The molecule has 0 atom stereocenters. The normalized spacial score (nSPS) is 11.6. The smallest absolute Gasteiger partial charge is 0.347 e. The van der Waals surface area contributed by atoms with Crippen LogP contribution >= 0.6 is 23.1 Å². The monoisotopic (exact) mass is 506 g/mol. The van der Waals surface area contributed by atoms with Gasteiger partial charge in [-0.25, -0.2) is 18.6 Å². The third-order valence-corrected chi connectivity index (χ3v) is 7.41. The van der Waals surface area contributed by atoms with Gasteiger partial charge in [0.1, 0.15) is 5.75 Å². The second kappa shape index (κ2) is 10.7. The molecule has 0 saturated carbocycles. The molecule has 0 unspecified atom stereocenters. The van der Waals surface area contributed by atoms with Crippen LogP contribution in [0.1, 0.15) is 37.0 Å². The van der Waals surface area contributed by atoms with Crippen molar-refractivity contribution in [3.05, 3.63) is 58.5 Å². The van der Waals surface area contributed by atoms with E-state index in [0.717, 1.165) is 44.7 Å². The van der Waals surface area contributed by atoms with Crippen molar-refractivity contribution in [2.45, 2.75) is 44.6 Å². The molecule has 0 aliphatic heterocycles. The molecule has 9 heteroatoms. The molecule has 0 saturated heterocycles. The van der Waals surface area contributed by atoms with Crippen LogP contribution in [0.2, 0.25) is 0 Å². The predicted octanol–water partition coefficient (Wildman–Crippen LogP) is 6.84. The lowest BCUT2D eigenvalue weighted by Crippen LogP contribution is -2.38. The van der Waals surface area contributed by atoms with Crippen LogP contribution in [0.3, 0.4) is 0 Å². The Labute approximate surface area is 206 Å². The van der Waals surface area contributed by atoms with Gasteiger partial charge in [0, 0.05) is 40.7 Å². The topological polar surface area (TPSA) is 62.7 Å². The molecule has 0 radical (unpaired) electrons. The zero-order valence-electron chi connectivity index (χ0n) is 19.8. The minimum absolute atomic E-state index is 0.00377. The summed E-state index contributed by atoms with van der Waals surface area (Å²) in [6.07, 6.45) is -2.48. The molecule has 34 heavy (non-hydrogen) atoms. The lowest BCUT2D eigenvalue weighted by Gasteiger charge is -2.23. The summed E-state index contributed by atoms with van der Waals surface area (Å²) in [6, 6.07) is 10.1. The molecular formula is C25H28F2N2O3S2. The summed E-state index contributed by atoms with van der Waals surface area (Å²) in [7, 11) is 1.98.